The molecular formula is C40H57FN2O4. The fraction of sp³-hybridized carbons (Fsp3) is 0.650. The molecule has 3 aliphatic carbocycles. The molecule has 2 fully saturated rings. The number of hydrogen-bond acceptors (Lipinski definition) is 4. The highest BCUT2D eigenvalue weighted by atomic mass is 19.1. The third-order valence-corrected chi connectivity index (χ3v) is 11.8. The van der Waals surface area contributed by atoms with E-state index < -0.39 is 12.3 Å². The number of halogens is 1. The first-order chi connectivity index (χ1) is 22.6. The van der Waals surface area contributed by atoms with Gasteiger partial charge in [0.05, 0.1) is 6.10 Å². The molecule has 3 N–H and O–H groups in total. The average molecular weight is 649 g/mol. The van der Waals surface area contributed by atoms with Crippen LogP contribution in [0.1, 0.15) is 132 Å². The summed E-state index contributed by atoms with van der Waals surface area (Å²) in [5.74, 6) is 0.791. The summed E-state index contributed by atoms with van der Waals surface area (Å²) in [6.45, 7) is 7.25. The number of hydrogen-bond donors (Lipinski definition) is 3. The standard InChI is InChI=1S/C40H57FN2O4/c1-4-5-6-7-8-11-22-43(39(47)28-14-16-31(17-15-28)42-27(2)44)23-12-9-10-13-29-24-30-25-32(45)18-19-33(30)38-35(41)26-40(3)34(37(29)38)20-21-36(40)46/h14-19,25,29,34-38,45-46H,4-13,20-24,26H2,1-3H3,(H,42,44)/t29?,34?,35?,36?,37?,38?,40-/m0/s1. The SMILES string of the molecule is CCCCCCCCN(CCCCCC1Cc2cc(O)ccc2C2C(F)C[C@]3(C)C(O)CCC3C12)C(=O)c1ccc(NC(C)=O)cc1. The Labute approximate surface area is 281 Å². The Balaban J connectivity index is 1.22. The summed E-state index contributed by atoms with van der Waals surface area (Å²) >= 11 is 0. The van der Waals surface area contributed by atoms with Crippen LogP contribution in [0.4, 0.5) is 10.1 Å². The number of phenols is 1. The van der Waals surface area contributed by atoms with Crippen molar-refractivity contribution >= 4 is 17.5 Å². The van der Waals surface area contributed by atoms with E-state index in [9.17, 15) is 19.8 Å². The highest BCUT2D eigenvalue weighted by Gasteiger charge is 2.59. The predicted molar refractivity (Wildman–Crippen MR) is 186 cm³/mol. The van der Waals surface area contributed by atoms with Crippen molar-refractivity contribution in [3.05, 3.63) is 59.2 Å². The lowest BCUT2D eigenvalue weighted by atomic mass is 9.51. The lowest BCUT2D eigenvalue weighted by molar-refractivity contribution is -0.114. The fourth-order valence-corrected chi connectivity index (χ4v) is 9.40. The molecule has 3 aliphatic rings. The summed E-state index contributed by atoms with van der Waals surface area (Å²) < 4.78 is 16.1. The number of carbonyl (C=O) groups excluding carboxylic acids is 2. The van der Waals surface area contributed by atoms with E-state index in [0.29, 0.717) is 36.1 Å². The van der Waals surface area contributed by atoms with Gasteiger partial charge in [-0.25, -0.2) is 4.39 Å². The second kappa shape index (κ2) is 16.0. The van der Waals surface area contributed by atoms with E-state index >= 15 is 4.39 Å². The smallest absolute Gasteiger partial charge is 0.253 e. The molecule has 47 heavy (non-hydrogen) atoms. The number of benzene rings is 2. The van der Waals surface area contributed by atoms with E-state index in [4.69, 9.17) is 0 Å². The van der Waals surface area contributed by atoms with Crippen LogP contribution in [0.3, 0.4) is 0 Å². The maximum atomic E-state index is 16.1. The third-order valence-electron chi connectivity index (χ3n) is 11.8. The van der Waals surface area contributed by atoms with Crippen molar-refractivity contribution < 1.29 is 24.2 Å². The van der Waals surface area contributed by atoms with Gasteiger partial charge >= 0.3 is 0 Å². The van der Waals surface area contributed by atoms with Crippen LogP contribution >= 0.6 is 0 Å². The predicted octanol–water partition coefficient (Wildman–Crippen LogP) is 8.81. The Kier molecular flexibility index (Phi) is 12.0. The molecule has 0 bridgehead atoms. The van der Waals surface area contributed by atoms with Crippen molar-refractivity contribution in [2.75, 3.05) is 18.4 Å². The van der Waals surface area contributed by atoms with Gasteiger partial charge in [0.1, 0.15) is 11.9 Å². The van der Waals surface area contributed by atoms with Crippen LogP contribution in [-0.4, -0.2) is 52.3 Å². The maximum Gasteiger partial charge on any atom is 0.253 e. The molecule has 0 radical (unpaired) electrons. The number of aliphatic hydroxyl groups excluding tert-OH is 1. The van der Waals surface area contributed by atoms with E-state index in [2.05, 4.69) is 19.2 Å². The number of phenolic OH excluding ortho intramolecular Hbond substituents is 1. The van der Waals surface area contributed by atoms with Crippen LogP contribution in [0.25, 0.3) is 0 Å². The number of nitrogens with zero attached hydrogens (tertiary/aromatic N) is 1. The van der Waals surface area contributed by atoms with Crippen molar-refractivity contribution in [2.45, 2.75) is 129 Å². The largest absolute Gasteiger partial charge is 0.508 e. The minimum absolute atomic E-state index is 0.0368. The number of fused-ring (bicyclic) bond motifs is 5. The van der Waals surface area contributed by atoms with Crippen LogP contribution in [0, 0.1) is 23.2 Å². The highest BCUT2D eigenvalue weighted by Crippen LogP contribution is 2.63. The van der Waals surface area contributed by atoms with Gasteiger partial charge in [-0.1, -0.05) is 64.9 Å². The Bertz CT molecular complexity index is 1350. The van der Waals surface area contributed by atoms with E-state index in [-0.39, 0.29) is 34.8 Å². The van der Waals surface area contributed by atoms with E-state index in [1.165, 1.54) is 32.6 Å². The van der Waals surface area contributed by atoms with Crippen molar-refractivity contribution in [3.63, 3.8) is 0 Å². The van der Waals surface area contributed by atoms with Gasteiger partial charge in [0.15, 0.2) is 0 Å². The van der Waals surface area contributed by atoms with E-state index in [1.807, 2.05) is 17.0 Å². The quantitative estimate of drug-likeness (QED) is 0.168. The lowest BCUT2D eigenvalue weighted by Gasteiger charge is -2.54. The zero-order valence-corrected chi connectivity index (χ0v) is 28.9. The van der Waals surface area contributed by atoms with Crippen molar-refractivity contribution in [3.8, 4) is 5.75 Å². The minimum atomic E-state index is -0.992. The molecule has 6 nitrogen and oxygen atoms in total. The van der Waals surface area contributed by atoms with Crippen molar-refractivity contribution in [1.82, 2.24) is 4.90 Å². The molecule has 0 aliphatic heterocycles. The van der Waals surface area contributed by atoms with Gasteiger partial charge in [-0.3, -0.25) is 9.59 Å². The summed E-state index contributed by atoms with van der Waals surface area (Å²) in [5.41, 5.74) is 3.10. The molecule has 2 amide bonds. The molecule has 258 valence electrons. The topological polar surface area (TPSA) is 89.9 Å². The molecule has 0 spiro atoms. The van der Waals surface area contributed by atoms with E-state index in [0.717, 1.165) is 75.5 Å². The first kappa shape index (κ1) is 35.4. The van der Waals surface area contributed by atoms with Crippen LogP contribution in [0.2, 0.25) is 0 Å². The molecule has 0 saturated heterocycles. The zero-order valence-electron chi connectivity index (χ0n) is 28.9. The summed E-state index contributed by atoms with van der Waals surface area (Å²) in [5, 5.41) is 24.0. The molecule has 7 atom stereocenters. The minimum Gasteiger partial charge on any atom is -0.508 e. The maximum absolute atomic E-state index is 16.1. The number of unbranched alkanes of at least 4 members (excludes halogenated alkanes) is 7. The number of nitrogens with one attached hydrogen (secondary N) is 1. The number of aliphatic hydroxyl groups is 1. The van der Waals surface area contributed by atoms with Gasteiger partial charge in [-0.15, -0.1) is 0 Å². The Hall–Kier alpha value is -2.93. The number of alkyl halides is 1. The highest BCUT2D eigenvalue weighted by molar-refractivity contribution is 5.95. The number of carbonyl (C=O) groups is 2. The van der Waals surface area contributed by atoms with Gasteiger partial charge in [0.25, 0.3) is 5.91 Å². The van der Waals surface area contributed by atoms with Gasteiger partial charge in [-0.2, -0.15) is 0 Å². The molecule has 0 heterocycles. The van der Waals surface area contributed by atoms with E-state index in [1.54, 1.807) is 30.3 Å². The molecule has 0 aromatic heterocycles. The number of amides is 2. The van der Waals surface area contributed by atoms with Crippen molar-refractivity contribution in [2.24, 2.45) is 23.2 Å². The molecule has 6 unspecified atom stereocenters. The summed E-state index contributed by atoms with van der Waals surface area (Å²) in [6.07, 6.45) is 12.5. The fourth-order valence-electron chi connectivity index (χ4n) is 9.40. The van der Waals surface area contributed by atoms with Crippen LogP contribution in [-0.2, 0) is 11.2 Å². The molecule has 2 saturated carbocycles. The first-order valence-electron chi connectivity index (χ1n) is 18.4. The van der Waals surface area contributed by atoms with Gasteiger partial charge in [0, 0.05) is 37.2 Å². The van der Waals surface area contributed by atoms with Gasteiger partial charge in [0.2, 0.25) is 5.91 Å². The Morgan fingerprint density at radius 1 is 0.957 bits per heavy atom. The van der Waals surface area contributed by atoms with Crippen molar-refractivity contribution in [1.29, 1.82) is 0 Å². The Morgan fingerprint density at radius 3 is 2.34 bits per heavy atom. The zero-order chi connectivity index (χ0) is 33.6. The molecule has 7 heteroatoms. The molecular weight excluding hydrogens is 591 g/mol. The third kappa shape index (κ3) is 8.21. The summed E-state index contributed by atoms with van der Waals surface area (Å²) in [4.78, 5) is 27.0. The summed E-state index contributed by atoms with van der Waals surface area (Å²) in [7, 11) is 0. The lowest BCUT2D eigenvalue weighted by Crippen LogP contribution is -2.51. The number of aromatic hydroxyl groups is 1. The van der Waals surface area contributed by atoms with Gasteiger partial charge in [-0.05, 0) is 116 Å². The van der Waals surface area contributed by atoms with Crippen LogP contribution < -0.4 is 5.32 Å². The average Bonchev–Trinajstić information content (AvgIpc) is 3.33. The van der Waals surface area contributed by atoms with Crippen LogP contribution in [0.15, 0.2) is 42.5 Å². The number of anilines is 1. The summed E-state index contributed by atoms with van der Waals surface area (Å²) in [6, 6.07) is 12.7. The van der Waals surface area contributed by atoms with Crippen LogP contribution in [0.5, 0.6) is 5.75 Å². The second-order valence-corrected chi connectivity index (χ2v) is 15.0. The first-order valence-corrected chi connectivity index (χ1v) is 18.4. The van der Waals surface area contributed by atoms with Gasteiger partial charge < -0.3 is 20.4 Å². The number of rotatable bonds is 15. The molecule has 2 aromatic rings. The Morgan fingerprint density at radius 2 is 1.64 bits per heavy atom. The second-order valence-electron chi connectivity index (χ2n) is 15.0. The normalized spacial score (nSPS) is 27.9. The monoisotopic (exact) mass is 648 g/mol. The molecule has 5 rings (SSSR count). The molecule has 2 aromatic carbocycles.